The van der Waals surface area contributed by atoms with Crippen molar-refractivity contribution in [2.24, 2.45) is 5.92 Å². The summed E-state index contributed by atoms with van der Waals surface area (Å²) in [6.45, 7) is 11.0. The Morgan fingerprint density at radius 3 is 2.00 bits per heavy atom. The lowest BCUT2D eigenvalue weighted by molar-refractivity contribution is -0.132. The van der Waals surface area contributed by atoms with Crippen molar-refractivity contribution in [1.82, 2.24) is 9.80 Å². The van der Waals surface area contributed by atoms with Crippen LogP contribution < -0.4 is 0 Å². The molecule has 2 aliphatic rings. The van der Waals surface area contributed by atoms with Crippen LogP contribution in [0.3, 0.4) is 0 Å². The highest BCUT2D eigenvalue weighted by molar-refractivity contribution is 5.98. The van der Waals surface area contributed by atoms with Crippen molar-refractivity contribution >= 4 is 11.8 Å². The summed E-state index contributed by atoms with van der Waals surface area (Å²) >= 11 is 0. The van der Waals surface area contributed by atoms with Gasteiger partial charge in [0, 0.05) is 37.7 Å². The fraction of sp³-hybridized carbons (Fsp3) is 0.600. The fourth-order valence-corrected chi connectivity index (χ4v) is 3.63. The molecule has 1 aliphatic carbocycles. The first-order valence-electron chi connectivity index (χ1n) is 9.05. The molecule has 0 bridgehead atoms. The molecule has 24 heavy (non-hydrogen) atoms. The van der Waals surface area contributed by atoms with Gasteiger partial charge >= 0.3 is 0 Å². The first-order valence-corrected chi connectivity index (χ1v) is 9.05. The maximum Gasteiger partial charge on any atom is 0.254 e. The molecule has 2 amide bonds. The molecule has 0 aromatic heterocycles. The Morgan fingerprint density at radius 1 is 0.875 bits per heavy atom. The van der Waals surface area contributed by atoms with Crippen molar-refractivity contribution in [2.45, 2.75) is 47.0 Å². The van der Waals surface area contributed by atoms with Crippen molar-refractivity contribution in [1.29, 1.82) is 0 Å². The summed E-state index contributed by atoms with van der Waals surface area (Å²) in [6.07, 6.45) is 2.95. The van der Waals surface area contributed by atoms with Crippen molar-refractivity contribution in [2.75, 3.05) is 26.2 Å². The summed E-state index contributed by atoms with van der Waals surface area (Å²) in [5.41, 5.74) is 5.36. The molecule has 1 heterocycles. The van der Waals surface area contributed by atoms with Gasteiger partial charge in [0.25, 0.3) is 5.91 Å². The third-order valence-electron chi connectivity index (χ3n) is 5.60. The van der Waals surface area contributed by atoms with Gasteiger partial charge in [-0.25, -0.2) is 0 Å². The largest absolute Gasteiger partial charge is 0.341 e. The molecule has 0 unspecified atom stereocenters. The minimum absolute atomic E-state index is 0.123. The molecule has 1 aromatic rings. The Bertz CT molecular complexity index is 650. The van der Waals surface area contributed by atoms with Crippen LogP contribution in [0.25, 0.3) is 0 Å². The van der Waals surface area contributed by atoms with Crippen molar-refractivity contribution < 1.29 is 9.59 Å². The standard InChI is InChI=1S/C20H28N2O2/c1-13-12-14(2)16(4)18(15(13)3)20(24)22-9-5-8-21(10-11-22)19(23)17-6-7-17/h12,17H,5-11H2,1-4H3. The SMILES string of the molecule is Cc1cc(C)c(C)c(C(=O)N2CCCN(C(=O)C3CC3)CC2)c1C. The number of benzene rings is 1. The van der Waals surface area contributed by atoms with Crippen LogP contribution in [0.5, 0.6) is 0 Å². The van der Waals surface area contributed by atoms with Gasteiger partial charge in [0.05, 0.1) is 0 Å². The smallest absolute Gasteiger partial charge is 0.254 e. The average Bonchev–Trinajstić information content (AvgIpc) is 3.38. The molecule has 1 saturated heterocycles. The molecule has 130 valence electrons. The van der Waals surface area contributed by atoms with Gasteiger partial charge in [-0.15, -0.1) is 0 Å². The molecule has 1 aliphatic heterocycles. The Balaban J connectivity index is 1.77. The van der Waals surface area contributed by atoms with Crippen LogP contribution >= 0.6 is 0 Å². The number of amides is 2. The first-order chi connectivity index (χ1) is 11.4. The van der Waals surface area contributed by atoms with Crippen LogP contribution in [0.1, 0.15) is 51.9 Å². The van der Waals surface area contributed by atoms with Gasteiger partial charge in [0.2, 0.25) is 5.91 Å². The maximum absolute atomic E-state index is 13.1. The zero-order valence-corrected chi connectivity index (χ0v) is 15.3. The summed E-state index contributed by atoms with van der Waals surface area (Å²) in [5.74, 6) is 0.678. The highest BCUT2D eigenvalue weighted by Crippen LogP contribution is 2.31. The number of hydrogen-bond donors (Lipinski definition) is 0. The van der Waals surface area contributed by atoms with E-state index in [1.165, 1.54) is 11.1 Å². The number of nitrogens with zero attached hydrogens (tertiary/aromatic N) is 2. The van der Waals surface area contributed by atoms with Gasteiger partial charge in [0.15, 0.2) is 0 Å². The van der Waals surface area contributed by atoms with E-state index in [0.717, 1.165) is 49.0 Å². The monoisotopic (exact) mass is 328 g/mol. The van der Waals surface area contributed by atoms with Crippen molar-refractivity contribution in [3.8, 4) is 0 Å². The predicted octanol–water partition coefficient (Wildman–Crippen LogP) is 3.00. The van der Waals surface area contributed by atoms with Crippen LogP contribution in [-0.2, 0) is 4.79 Å². The van der Waals surface area contributed by atoms with Gasteiger partial charge in [0.1, 0.15) is 0 Å². The summed E-state index contributed by atoms with van der Waals surface area (Å²) in [5, 5.41) is 0. The highest BCUT2D eigenvalue weighted by atomic mass is 16.2. The second kappa shape index (κ2) is 6.58. The lowest BCUT2D eigenvalue weighted by atomic mass is 9.93. The first kappa shape index (κ1) is 17.0. The normalized spacial score (nSPS) is 18.5. The molecule has 0 spiro atoms. The van der Waals surface area contributed by atoms with Gasteiger partial charge in [-0.2, -0.15) is 0 Å². The second-order valence-corrected chi connectivity index (χ2v) is 7.38. The molecular formula is C20H28N2O2. The Morgan fingerprint density at radius 2 is 1.42 bits per heavy atom. The summed E-state index contributed by atoms with van der Waals surface area (Å²) in [4.78, 5) is 29.3. The zero-order valence-electron chi connectivity index (χ0n) is 15.3. The third-order valence-corrected chi connectivity index (χ3v) is 5.60. The highest BCUT2D eigenvalue weighted by Gasteiger charge is 2.34. The lowest BCUT2D eigenvalue weighted by Crippen LogP contribution is -2.38. The fourth-order valence-electron chi connectivity index (χ4n) is 3.63. The second-order valence-electron chi connectivity index (χ2n) is 7.38. The molecule has 0 N–H and O–H groups in total. The summed E-state index contributed by atoms with van der Waals surface area (Å²) in [7, 11) is 0. The van der Waals surface area contributed by atoms with E-state index in [1.54, 1.807) is 0 Å². The van der Waals surface area contributed by atoms with Crippen LogP contribution in [0.15, 0.2) is 6.07 Å². The molecule has 2 fully saturated rings. The number of aryl methyl sites for hydroxylation is 2. The minimum Gasteiger partial charge on any atom is -0.341 e. The van der Waals surface area contributed by atoms with E-state index in [1.807, 2.05) is 23.6 Å². The molecule has 3 rings (SSSR count). The van der Waals surface area contributed by atoms with Crippen molar-refractivity contribution in [3.05, 3.63) is 33.9 Å². The van der Waals surface area contributed by atoms with E-state index < -0.39 is 0 Å². The van der Waals surface area contributed by atoms with Gasteiger partial charge < -0.3 is 9.80 Å². The number of rotatable bonds is 2. The van der Waals surface area contributed by atoms with Crippen molar-refractivity contribution in [3.63, 3.8) is 0 Å². The Kier molecular flexibility index (Phi) is 4.66. The molecule has 4 heteroatoms. The summed E-state index contributed by atoms with van der Waals surface area (Å²) < 4.78 is 0. The molecule has 0 atom stereocenters. The molecular weight excluding hydrogens is 300 g/mol. The Labute approximate surface area is 144 Å². The quantitative estimate of drug-likeness (QED) is 0.837. The van der Waals surface area contributed by atoms with Crippen LogP contribution in [-0.4, -0.2) is 47.8 Å². The van der Waals surface area contributed by atoms with E-state index in [9.17, 15) is 9.59 Å². The lowest BCUT2D eigenvalue weighted by Gasteiger charge is -2.24. The molecule has 0 radical (unpaired) electrons. The maximum atomic E-state index is 13.1. The van der Waals surface area contributed by atoms with Crippen LogP contribution in [0, 0.1) is 33.6 Å². The van der Waals surface area contributed by atoms with E-state index in [-0.39, 0.29) is 11.8 Å². The van der Waals surface area contributed by atoms with E-state index in [2.05, 4.69) is 19.9 Å². The van der Waals surface area contributed by atoms with Crippen LogP contribution in [0.2, 0.25) is 0 Å². The molecule has 1 aromatic carbocycles. The zero-order chi connectivity index (χ0) is 17.4. The number of carbonyl (C=O) groups is 2. The third kappa shape index (κ3) is 3.19. The van der Waals surface area contributed by atoms with Gasteiger partial charge in [-0.3, -0.25) is 9.59 Å². The topological polar surface area (TPSA) is 40.6 Å². The Hall–Kier alpha value is -1.84. The predicted molar refractivity (Wildman–Crippen MR) is 95.2 cm³/mol. The molecule has 4 nitrogen and oxygen atoms in total. The number of carbonyl (C=O) groups excluding carboxylic acids is 2. The van der Waals surface area contributed by atoms with E-state index in [0.29, 0.717) is 19.0 Å². The summed E-state index contributed by atoms with van der Waals surface area (Å²) in [6, 6.07) is 2.15. The van der Waals surface area contributed by atoms with E-state index in [4.69, 9.17) is 0 Å². The van der Waals surface area contributed by atoms with E-state index >= 15 is 0 Å². The average molecular weight is 328 g/mol. The van der Waals surface area contributed by atoms with Gasteiger partial charge in [-0.1, -0.05) is 6.07 Å². The minimum atomic E-state index is 0.123. The van der Waals surface area contributed by atoms with Crippen LogP contribution in [0.4, 0.5) is 0 Å². The van der Waals surface area contributed by atoms with Gasteiger partial charge in [-0.05, 0) is 69.2 Å². The number of hydrogen-bond acceptors (Lipinski definition) is 2. The molecule has 1 saturated carbocycles.